The molecule has 2 aliphatic rings. The number of fused-ring (bicyclic) bond motifs is 2. The van der Waals surface area contributed by atoms with E-state index in [1.807, 2.05) is 27.7 Å². The molecule has 0 spiro atoms. The smallest absolute Gasteiger partial charge is 0.0256 e. The van der Waals surface area contributed by atoms with Crippen LogP contribution in [0.1, 0.15) is 34.1 Å². The van der Waals surface area contributed by atoms with Gasteiger partial charge in [-0.2, -0.15) is 0 Å². The SMILES string of the molecule is C1=CC2CC1CN2.CC.CC. The lowest BCUT2D eigenvalue weighted by atomic mass is 10.2. The maximum absolute atomic E-state index is 3.37. The van der Waals surface area contributed by atoms with Gasteiger partial charge < -0.3 is 5.32 Å². The second-order valence-electron chi connectivity index (χ2n) is 2.40. The molecule has 0 aromatic carbocycles. The largest absolute Gasteiger partial charge is 0.310 e. The van der Waals surface area contributed by atoms with E-state index in [-0.39, 0.29) is 0 Å². The molecular formula is C10H21N. The molecule has 2 rings (SSSR count). The highest BCUT2D eigenvalue weighted by Gasteiger charge is 2.24. The van der Waals surface area contributed by atoms with E-state index in [0.29, 0.717) is 0 Å². The van der Waals surface area contributed by atoms with E-state index < -0.39 is 0 Å². The molecule has 1 saturated heterocycles. The highest BCUT2D eigenvalue weighted by Crippen LogP contribution is 2.22. The summed E-state index contributed by atoms with van der Waals surface area (Å²) in [5.41, 5.74) is 0. The second kappa shape index (κ2) is 6.41. The van der Waals surface area contributed by atoms with Gasteiger partial charge in [0.2, 0.25) is 0 Å². The molecule has 0 aromatic heterocycles. The van der Waals surface area contributed by atoms with Crippen molar-refractivity contribution >= 4 is 0 Å². The number of hydrogen-bond acceptors (Lipinski definition) is 1. The molecule has 0 saturated carbocycles. The Bertz CT molecular complexity index is 95.4. The van der Waals surface area contributed by atoms with Crippen molar-refractivity contribution in [3.63, 3.8) is 0 Å². The summed E-state index contributed by atoms with van der Waals surface area (Å²) in [6.07, 6.45) is 5.95. The normalized spacial score (nSPS) is 30.2. The van der Waals surface area contributed by atoms with E-state index >= 15 is 0 Å². The first-order valence-corrected chi connectivity index (χ1v) is 4.87. The third-order valence-electron chi connectivity index (χ3n) is 1.81. The van der Waals surface area contributed by atoms with Gasteiger partial charge >= 0.3 is 0 Å². The van der Waals surface area contributed by atoms with Crippen molar-refractivity contribution in [1.82, 2.24) is 5.32 Å². The first-order chi connectivity index (χ1) is 5.45. The summed E-state index contributed by atoms with van der Waals surface area (Å²) in [6, 6.07) is 0.741. The Morgan fingerprint density at radius 1 is 1.09 bits per heavy atom. The molecule has 66 valence electrons. The predicted octanol–water partition coefficient (Wildman–Crippen LogP) is 2.59. The molecule has 1 heteroatoms. The van der Waals surface area contributed by atoms with Gasteiger partial charge in [0.05, 0.1) is 0 Å². The predicted molar refractivity (Wildman–Crippen MR) is 51.7 cm³/mol. The molecule has 1 heterocycles. The van der Waals surface area contributed by atoms with Gasteiger partial charge in [0.1, 0.15) is 0 Å². The molecule has 0 amide bonds. The van der Waals surface area contributed by atoms with Crippen LogP contribution < -0.4 is 5.32 Å². The van der Waals surface area contributed by atoms with E-state index in [2.05, 4.69) is 17.5 Å². The lowest BCUT2D eigenvalue weighted by Crippen LogP contribution is -2.20. The van der Waals surface area contributed by atoms with E-state index in [1.54, 1.807) is 0 Å². The average Bonchev–Trinajstić information content (AvgIpc) is 2.74. The molecule has 1 nitrogen and oxygen atoms in total. The highest BCUT2D eigenvalue weighted by atomic mass is 15.0. The van der Waals surface area contributed by atoms with Crippen molar-refractivity contribution in [2.24, 2.45) is 5.92 Å². The quantitative estimate of drug-likeness (QED) is 0.530. The average molecular weight is 155 g/mol. The Morgan fingerprint density at radius 3 is 1.82 bits per heavy atom. The minimum Gasteiger partial charge on any atom is -0.310 e. The summed E-state index contributed by atoms with van der Waals surface area (Å²) in [7, 11) is 0. The molecular weight excluding hydrogens is 134 g/mol. The fourth-order valence-corrected chi connectivity index (χ4v) is 1.38. The Balaban J connectivity index is 0.000000222. The maximum atomic E-state index is 3.37. The van der Waals surface area contributed by atoms with Gasteiger partial charge in [0, 0.05) is 12.6 Å². The standard InChI is InChI=1S/C6H9N.2C2H6/c1-2-6-3-5(1)4-7-6;2*1-2/h1-2,5-7H,3-4H2;2*1-2H3. The van der Waals surface area contributed by atoms with Gasteiger partial charge in [0.25, 0.3) is 0 Å². The molecule has 0 radical (unpaired) electrons. The molecule has 1 fully saturated rings. The Labute approximate surface area is 70.9 Å². The summed E-state index contributed by atoms with van der Waals surface area (Å²) < 4.78 is 0. The zero-order chi connectivity index (χ0) is 8.69. The first-order valence-electron chi connectivity index (χ1n) is 4.87. The molecule has 11 heavy (non-hydrogen) atoms. The van der Waals surface area contributed by atoms with Gasteiger partial charge in [0.15, 0.2) is 0 Å². The zero-order valence-corrected chi connectivity index (χ0v) is 8.22. The van der Waals surface area contributed by atoms with Crippen molar-refractivity contribution < 1.29 is 0 Å². The minimum absolute atomic E-state index is 0.741. The highest BCUT2D eigenvalue weighted by molar-refractivity contribution is 5.11. The molecule has 1 N–H and O–H groups in total. The van der Waals surface area contributed by atoms with E-state index in [1.165, 1.54) is 13.0 Å². The zero-order valence-electron chi connectivity index (χ0n) is 8.22. The van der Waals surface area contributed by atoms with Gasteiger partial charge in [-0.15, -0.1) is 0 Å². The van der Waals surface area contributed by atoms with Crippen molar-refractivity contribution in [2.45, 2.75) is 40.2 Å². The molecule has 2 atom stereocenters. The minimum atomic E-state index is 0.741. The fraction of sp³-hybridized carbons (Fsp3) is 0.800. The van der Waals surface area contributed by atoms with Crippen LogP contribution in [0.3, 0.4) is 0 Å². The van der Waals surface area contributed by atoms with Crippen LogP contribution in [0.5, 0.6) is 0 Å². The van der Waals surface area contributed by atoms with Crippen LogP contribution in [-0.2, 0) is 0 Å². The molecule has 0 aromatic rings. The summed E-state index contributed by atoms with van der Waals surface area (Å²) in [5, 5.41) is 3.37. The van der Waals surface area contributed by atoms with Crippen LogP contribution in [0.15, 0.2) is 12.2 Å². The lowest BCUT2D eigenvalue weighted by molar-refractivity contribution is 0.714. The van der Waals surface area contributed by atoms with Crippen LogP contribution in [0.2, 0.25) is 0 Å². The van der Waals surface area contributed by atoms with Crippen molar-refractivity contribution in [3.8, 4) is 0 Å². The van der Waals surface area contributed by atoms with Crippen LogP contribution in [-0.4, -0.2) is 12.6 Å². The Morgan fingerprint density at radius 2 is 1.73 bits per heavy atom. The third kappa shape index (κ3) is 3.06. The molecule has 1 aliphatic heterocycles. The van der Waals surface area contributed by atoms with E-state index in [9.17, 15) is 0 Å². The van der Waals surface area contributed by atoms with Gasteiger partial charge in [-0.3, -0.25) is 0 Å². The summed E-state index contributed by atoms with van der Waals surface area (Å²) in [6.45, 7) is 9.22. The summed E-state index contributed by atoms with van der Waals surface area (Å²) >= 11 is 0. The molecule has 2 unspecified atom stereocenters. The van der Waals surface area contributed by atoms with Crippen molar-refractivity contribution in [1.29, 1.82) is 0 Å². The third-order valence-corrected chi connectivity index (χ3v) is 1.81. The molecule has 2 bridgehead atoms. The second-order valence-corrected chi connectivity index (χ2v) is 2.40. The monoisotopic (exact) mass is 155 g/mol. The van der Waals surface area contributed by atoms with Crippen LogP contribution in [0, 0.1) is 5.92 Å². The van der Waals surface area contributed by atoms with Gasteiger partial charge in [-0.25, -0.2) is 0 Å². The van der Waals surface area contributed by atoms with Gasteiger partial charge in [-0.05, 0) is 12.3 Å². The van der Waals surface area contributed by atoms with Crippen molar-refractivity contribution in [3.05, 3.63) is 12.2 Å². The van der Waals surface area contributed by atoms with Crippen LogP contribution in [0.4, 0.5) is 0 Å². The summed E-state index contributed by atoms with van der Waals surface area (Å²) in [4.78, 5) is 0. The lowest BCUT2D eigenvalue weighted by Gasteiger charge is -2.00. The fourth-order valence-electron chi connectivity index (χ4n) is 1.38. The van der Waals surface area contributed by atoms with Crippen LogP contribution in [0.25, 0.3) is 0 Å². The number of hydrogen-bond donors (Lipinski definition) is 1. The number of rotatable bonds is 0. The van der Waals surface area contributed by atoms with E-state index in [4.69, 9.17) is 0 Å². The number of nitrogens with one attached hydrogen (secondary N) is 1. The summed E-state index contributed by atoms with van der Waals surface area (Å²) in [5.74, 6) is 0.880. The topological polar surface area (TPSA) is 12.0 Å². The molecule has 1 aliphatic carbocycles. The van der Waals surface area contributed by atoms with E-state index in [0.717, 1.165) is 12.0 Å². The maximum Gasteiger partial charge on any atom is 0.0256 e. The van der Waals surface area contributed by atoms with Crippen LogP contribution >= 0.6 is 0 Å². The Hall–Kier alpha value is -0.300. The van der Waals surface area contributed by atoms with Gasteiger partial charge in [-0.1, -0.05) is 39.8 Å². The first kappa shape index (κ1) is 10.7. The van der Waals surface area contributed by atoms with Crippen molar-refractivity contribution in [2.75, 3.05) is 6.54 Å². The Kier molecular flexibility index (Phi) is 6.24.